The van der Waals surface area contributed by atoms with Crippen molar-refractivity contribution >= 4 is 23.2 Å². The number of hydrogen-bond donors (Lipinski definition) is 1. The van der Waals surface area contributed by atoms with Crippen molar-refractivity contribution in [2.24, 2.45) is 0 Å². The summed E-state index contributed by atoms with van der Waals surface area (Å²) in [6, 6.07) is 13.8. The van der Waals surface area contributed by atoms with E-state index in [4.69, 9.17) is 0 Å². The fraction of sp³-hybridized carbons (Fsp3) is 0.292. The highest BCUT2D eigenvalue weighted by Crippen LogP contribution is 2.25. The summed E-state index contributed by atoms with van der Waals surface area (Å²) in [5.41, 5.74) is 3.05. The van der Waals surface area contributed by atoms with Crippen LogP contribution in [0.15, 0.2) is 53.9 Å². The lowest BCUT2D eigenvalue weighted by atomic mass is 10.1. The highest BCUT2D eigenvalue weighted by molar-refractivity contribution is 7.13. The van der Waals surface area contributed by atoms with Crippen molar-refractivity contribution in [1.82, 2.24) is 15.2 Å². The van der Waals surface area contributed by atoms with Crippen LogP contribution in [0, 0.1) is 5.82 Å². The molecule has 3 aromatic rings. The van der Waals surface area contributed by atoms with Gasteiger partial charge in [-0.15, -0.1) is 11.3 Å². The maximum Gasteiger partial charge on any atom is 0.273 e. The van der Waals surface area contributed by atoms with Gasteiger partial charge in [-0.2, -0.15) is 0 Å². The van der Waals surface area contributed by atoms with Gasteiger partial charge >= 0.3 is 0 Å². The average Bonchev–Trinajstić information content (AvgIpc) is 3.28. The third-order valence-corrected chi connectivity index (χ3v) is 6.20. The lowest BCUT2D eigenvalue weighted by Crippen LogP contribution is -2.35. The molecule has 0 spiro atoms. The van der Waals surface area contributed by atoms with Crippen LogP contribution in [0.4, 0.5) is 4.39 Å². The van der Waals surface area contributed by atoms with Crippen molar-refractivity contribution in [2.75, 3.05) is 13.1 Å². The highest BCUT2D eigenvalue weighted by atomic mass is 32.1. The smallest absolute Gasteiger partial charge is 0.273 e. The zero-order valence-electron chi connectivity index (χ0n) is 17.1. The maximum absolute atomic E-state index is 13.2. The molecule has 0 aliphatic carbocycles. The van der Waals surface area contributed by atoms with Crippen LogP contribution < -0.4 is 5.32 Å². The molecule has 0 bridgehead atoms. The predicted molar refractivity (Wildman–Crippen MR) is 119 cm³/mol. The molecule has 2 heterocycles. The number of likely N-dealkylation sites (tertiary alicyclic amines) is 1. The third kappa shape index (κ3) is 5.55. The lowest BCUT2D eigenvalue weighted by Gasteiger charge is -2.25. The maximum atomic E-state index is 13.2. The standard InChI is InChI=1S/C24H24FN3O2S/c25-20-6-4-5-18(13-20)14-22(29)26-15-17-7-9-19(10-8-17)23-27-21(16-31-23)24(30)28-11-2-1-3-12-28/h4-10,13,16H,1-3,11-12,14-15H2,(H,26,29). The van der Waals surface area contributed by atoms with Crippen LogP contribution in [-0.4, -0.2) is 34.8 Å². The van der Waals surface area contributed by atoms with E-state index in [0.29, 0.717) is 17.8 Å². The Morgan fingerprint density at radius 1 is 1.03 bits per heavy atom. The van der Waals surface area contributed by atoms with Crippen LogP contribution >= 0.6 is 11.3 Å². The number of piperidine rings is 1. The van der Waals surface area contributed by atoms with Crippen LogP contribution in [0.5, 0.6) is 0 Å². The number of nitrogens with zero attached hydrogens (tertiary/aromatic N) is 2. The molecule has 4 rings (SSSR count). The van der Waals surface area contributed by atoms with Gasteiger partial charge < -0.3 is 10.2 Å². The summed E-state index contributed by atoms with van der Waals surface area (Å²) < 4.78 is 13.2. The van der Waals surface area contributed by atoms with E-state index in [0.717, 1.165) is 42.1 Å². The van der Waals surface area contributed by atoms with E-state index in [1.807, 2.05) is 34.5 Å². The van der Waals surface area contributed by atoms with Crippen molar-refractivity contribution < 1.29 is 14.0 Å². The second-order valence-electron chi connectivity index (χ2n) is 7.67. The van der Waals surface area contributed by atoms with Crippen molar-refractivity contribution in [2.45, 2.75) is 32.2 Å². The normalized spacial score (nSPS) is 13.8. The van der Waals surface area contributed by atoms with Gasteiger partial charge in [0.05, 0.1) is 6.42 Å². The predicted octanol–water partition coefficient (Wildman–Crippen LogP) is 4.43. The fourth-order valence-corrected chi connectivity index (χ4v) is 4.42. The molecule has 0 atom stereocenters. The number of thiazole rings is 1. The van der Waals surface area contributed by atoms with Gasteiger partial charge in [0.2, 0.25) is 5.91 Å². The SMILES string of the molecule is O=C(Cc1cccc(F)c1)NCc1ccc(-c2nc(C(=O)N3CCCCC3)cs2)cc1. The van der Waals surface area contributed by atoms with E-state index in [1.165, 1.54) is 29.9 Å². The zero-order valence-corrected chi connectivity index (χ0v) is 18.0. The minimum absolute atomic E-state index is 0.0137. The summed E-state index contributed by atoms with van der Waals surface area (Å²) in [6.07, 6.45) is 3.44. The second-order valence-corrected chi connectivity index (χ2v) is 8.53. The Morgan fingerprint density at radius 2 is 1.81 bits per heavy atom. The van der Waals surface area contributed by atoms with Crippen molar-refractivity contribution in [3.63, 3.8) is 0 Å². The number of amides is 2. The first-order valence-corrected chi connectivity index (χ1v) is 11.3. The molecule has 2 aromatic carbocycles. The molecule has 1 aliphatic heterocycles. The van der Waals surface area contributed by atoms with Gasteiger partial charge in [0.25, 0.3) is 5.91 Å². The van der Waals surface area contributed by atoms with E-state index in [1.54, 1.807) is 12.1 Å². The van der Waals surface area contributed by atoms with Crippen molar-refractivity contribution in [3.05, 3.63) is 76.5 Å². The van der Waals surface area contributed by atoms with E-state index in [9.17, 15) is 14.0 Å². The van der Waals surface area contributed by atoms with Gasteiger partial charge in [0.1, 0.15) is 16.5 Å². The molecule has 160 valence electrons. The summed E-state index contributed by atoms with van der Waals surface area (Å²) in [5.74, 6) is -0.487. The molecule has 0 radical (unpaired) electrons. The van der Waals surface area contributed by atoms with E-state index >= 15 is 0 Å². The Labute approximate surface area is 184 Å². The molecule has 1 N–H and O–H groups in total. The Kier molecular flexibility index (Phi) is 6.72. The summed E-state index contributed by atoms with van der Waals surface area (Å²) in [6.45, 7) is 2.02. The third-order valence-electron chi connectivity index (χ3n) is 5.31. The van der Waals surface area contributed by atoms with Crippen LogP contribution in [0.25, 0.3) is 10.6 Å². The molecule has 1 aromatic heterocycles. The quantitative estimate of drug-likeness (QED) is 0.620. The minimum atomic E-state index is -0.344. The Bertz CT molecular complexity index is 1060. The number of nitrogens with one attached hydrogen (secondary N) is 1. The summed E-state index contributed by atoms with van der Waals surface area (Å²) in [7, 11) is 0. The Hall–Kier alpha value is -3.06. The molecular formula is C24H24FN3O2S. The highest BCUT2D eigenvalue weighted by Gasteiger charge is 2.20. The van der Waals surface area contributed by atoms with Crippen molar-refractivity contribution in [3.8, 4) is 10.6 Å². The number of aromatic nitrogens is 1. The number of halogens is 1. The minimum Gasteiger partial charge on any atom is -0.352 e. The summed E-state index contributed by atoms with van der Waals surface area (Å²) in [5, 5.41) is 5.49. The van der Waals surface area contributed by atoms with Gasteiger partial charge in [-0.3, -0.25) is 9.59 Å². The molecule has 1 fully saturated rings. The molecule has 5 nitrogen and oxygen atoms in total. The lowest BCUT2D eigenvalue weighted by molar-refractivity contribution is -0.120. The molecule has 7 heteroatoms. The number of carbonyl (C=O) groups is 2. The number of rotatable bonds is 6. The van der Waals surface area contributed by atoms with Crippen LogP contribution in [-0.2, 0) is 17.8 Å². The summed E-state index contributed by atoms with van der Waals surface area (Å²) >= 11 is 1.46. The van der Waals surface area contributed by atoms with Gasteiger partial charge in [-0.25, -0.2) is 9.37 Å². The monoisotopic (exact) mass is 437 g/mol. The second kappa shape index (κ2) is 9.83. The van der Waals surface area contributed by atoms with E-state index in [2.05, 4.69) is 10.3 Å². The Morgan fingerprint density at radius 3 is 2.55 bits per heavy atom. The van der Waals surface area contributed by atoms with Gasteiger partial charge in [0.15, 0.2) is 0 Å². The van der Waals surface area contributed by atoms with Gasteiger partial charge in [-0.1, -0.05) is 36.4 Å². The molecule has 2 amide bonds. The first kappa shape index (κ1) is 21.2. The van der Waals surface area contributed by atoms with E-state index in [-0.39, 0.29) is 24.1 Å². The topological polar surface area (TPSA) is 62.3 Å². The van der Waals surface area contributed by atoms with Crippen LogP contribution in [0.2, 0.25) is 0 Å². The van der Waals surface area contributed by atoms with E-state index < -0.39 is 0 Å². The molecule has 1 saturated heterocycles. The van der Waals surface area contributed by atoms with Gasteiger partial charge in [0, 0.05) is 30.6 Å². The number of benzene rings is 2. The van der Waals surface area contributed by atoms with Crippen LogP contribution in [0.1, 0.15) is 40.9 Å². The zero-order chi connectivity index (χ0) is 21.6. The molecule has 31 heavy (non-hydrogen) atoms. The molecule has 0 unspecified atom stereocenters. The van der Waals surface area contributed by atoms with Gasteiger partial charge in [-0.05, 0) is 42.5 Å². The number of carbonyl (C=O) groups excluding carboxylic acids is 2. The Balaban J connectivity index is 1.32. The van der Waals surface area contributed by atoms with Crippen molar-refractivity contribution in [1.29, 1.82) is 0 Å². The average molecular weight is 438 g/mol. The van der Waals surface area contributed by atoms with Crippen LogP contribution in [0.3, 0.4) is 0 Å². The molecule has 0 saturated carbocycles. The largest absolute Gasteiger partial charge is 0.352 e. The molecule has 1 aliphatic rings. The first-order valence-electron chi connectivity index (χ1n) is 10.4. The fourth-order valence-electron chi connectivity index (χ4n) is 3.62. The molecular weight excluding hydrogens is 413 g/mol. The number of hydrogen-bond acceptors (Lipinski definition) is 4. The first-order chi connectivity index (χ1) is 15.1. The summed E-state index contributed by atoms with van der Waals surface area (Å²) in [4.78, 5) is 31.1.